The van der Waals surface area contributed by atoms with Gasteiger partial charge in [0.25, 0.3) is 20.4 Å². The van der Waals surface area contributed by atoms with Gasteiger partial charge in [-0.05, 0) is 136 Å². The fourth-order valence-electron chi connectivity index (χ4n) is 12.4. The molecule has 2 heterocycles. The first-order chi connectivity index (χ1) is 31.8. The van der Waals surface area contributed by atoms with E-state index in [4.69, 9.17) is 11.4 Å². The van der Waals surface area contributed by atoms with Crippen LogP contribution in [0.3, 0.4) is 0 Å². The zero-order valence-corrected chi connectivity index (χ0v) is 41.5. The van der Waals surface area contributed by atoms with Crippen LogP contribution in [0.4, 0.5) is 4.39 Å². The lowest BCUT2D eigenvalue weighted by Gasteiger charge is -2.54. The number of amides is 2. The molecule has 10 fully saturated rings. The summed E-state index contributed by atoms with van der Waals surface area (Å²) in [5.74, 6) is 5.65. The Morgan fingerprint density at radius 2 is 1.13 bits per heavy atom. The zero-order chi connectivity index (χ0) is 47.3. The van der Waals surface area contributed by atoms with E-state index >= 15 is 0 Å². The van der Waals surface area contributed by atoms with Gasteiger partial charge in [-0.25, -0.2) is 9.98 Å². The molecule has 8 aliphatic carbocycles. The minimum atomic E-state index is -3.61. The number of nitrogens with zero attached hydrogens (tertiary/aromatic N) is 3. The van der Waals surface area contributed by atoms with Gasteiger partial charge in [-0.2, -0.15) is 29.8 Å². The normalized spacial score (nSPS) is 31.5. The number of alkyl halides is 2. The second-order valence-corrected chi connectivity index (χ2v) is 23.2. The van der Waals surface area contributed by atoms with E-state index in [2.05, 4.69) is 48.3 Å². The summed E-state index contributed by atoms with van der Waals surface area (Å²) < 4.78 is 72.0. The van der Waals surface area contributed by atoms with E-state index in [1.165, 1.54) is 82.7 Å². The number of halogens is 3. The molecule has 2 amide bonds. The van der Waals surface area contributed by atoms with E-state index in [-0.39, 0.29) is 64.7 Å². The van der Waals surface area contributed by atoms with Crippen molar-refractivity contribution in [1.82, 2.24) is 28.3 Å². The van der Waals surface area contributed by atoms with E-state index < -0.39 is 27.6 Å². The van der Waals surface area contributed by atoms with Crippen molar-refractivity contribution in [2.45, 2.75) is 108 Å². The summed E-state index contributed by atoms with van der Waals surface area (Å²) in [4.78, 5) is 36.7. The summed E-state index contributed by atoms with van der Waals surface area (Å²) in [5, 5.41) is 14.4. The highest BCUT2D eigenvalue weighted by atomic mass is 79.9. The summed E-state index contributed by atoms with van der Waals surface area (Å²) in [6, 6.07) is 20.5. The topological polar surface area (TPSA) is 195 Å². The standard InChI is InChI=1S/C22H31N3O3S.C15H25N3O3S.C7H7Br.CH3F.CH2O3.CH4.ClH.H2/c26-21(23-22-19-10-17-9-18(12-19)13-20(22)11-17)15-25-8-4-7-24(29(25,27)28)14-16-5-2-1-3-6-16;19-14(9-18-3-1-2-16-22(18,20)21)17-15-12-5-10-4-11(7-12)8-13(15)6-10;8-6-7-4-2-1-3-5-7;1-2;2-1-4-3;;;/h1-3,5-6,17-20,22H,4,7-15H2,(H,23,26);10-13,15-16H,1-9H2,(H,17,19);1-5H,6H2;1H3;1,3H;1H4;2*1H/i;;;1D;;;;. The predicted molar refractivity (Wildman–Crippen MR) is 265 cm³/mol. The highest BCUT2D eigenvalue weighted by molar-refractivity contribution is 9.08. The third-order valence-electron chi connectivity index (χ3n) is 14.7. The molecule has 0 atom stereocenters. The highest BCUT2D eigenvalue weighted by Crippen LogP contribution is 2.54. The predicted octanol–water partition coefficient (Wildman–Crippen LogP) is 6.95. The molecule has 2 aromatic rings. The maximum absolute atomic E-state index is 13.1. The Bertz CT molecular complexity index is 2040. The van der Waals surface area contributed by atoms with Gasteiger partial charge in [-0.15, -0.1) is 12.4 Å². The van der Waals surface area contributed by atoms with Gasteiger partial charge >= 0.3 is 6.47 Å². The fourth-order valence-corrected chi connectivity index (χ4v) is 15.7. The van der Waals surface area contributed by atoms with Crippen molar-refractivity contribution in [3.05, 3.63) is 71.8 Å². The number of nitrogens with one attached hydrogen (secondary N) is 3. The number of hydrogen-bond acceptors (Lipinski definition) is 9. The van der Waals surface area contributed by atoms with Crippen molar-refractivity contribution in [2.24, 2.45) is 47.3 Å². The number of carbonyl (C=O) groups is 3. The first-order valence-corrected chi connectivity index (χ1v) is 27.0. The Hall–Kier alpha value is -2.75. The summed E-state index contributed by atoms with van der Waals surface area (Å²) in [6.07, 6.45) is 14.3. The molecule has 20 heteroatoms. The van der Waals surface area contributed by atoms with Crippen LogP contribution < -0.4 is 15.4 Å². The summed E-state index contributed by atoms with van der Waals surface area (Å²) in [5.41, 5.74) is 2.29. The zero-order valence-electron chi connectivity index (χ0n) is 38.5. The summed E-state index contributed by atoms with van der Waals surface area (Å²) in [6.45, 7) is 2.01. The molecule has 0 spiro atoms. The van der Waals surface area contributed by atoms with Crippen LogP contribution in [0.5, 0.6) is 0 Å². The van der Waals surface area contributed by atoms with Crippen molar-refractivity contribution in [3.63, 3.8) is 0 Å². The fraction of sp³-hybridized carbons (Fsp3) is 0.681. The molecule has 0 unspecified atom stereocenters. The highest BCUT2D eigenvalue weighted by Gasteiger charge is 2.50. The summed E-state index contributed by atoms with van der Waals surface area (Å²) in [7, 11) is -8.07. The second kappa shape index (κ2) is 27.0. The molecule has 67 heavy (non-hydrogen) atoms. The molecule has 2 aliphatic heterocycles. The Balaban J connectivity index is 0.000000278. The number of hydrogen-bond donors (Lipinski definition) is 4. The molecule has 2 aromatic carbocycles. The Morgan fingerprint density at radius 1 is 0.746 bits per heavy atom. The third-order valence-corrected chi connectivity index (χ3v) is 18.8. The summed E-state index contributed by atoms with van der Waals surface area (Å²) >= 11 is 3.36. The second-order valence-electron chi connectivity index (χ2n) is 19.0. The molecule has 4 N–H and O–H groups in total. The molecular formula is C47H75BrClFN6O9S2. The number of benzene rings is 2. The average molecular weight is 1070 g/mol. The van der Waals surface area contributed by atoms with Gasteiger partial charge in [0, 0.05) is 51.6 Å². The Morgan fingerprint density at radius 3 is 1.52 bits per heavy atom. The molecule has 15 nitrogen and oxygen atoms in total. The van der Waals surface area contributed by atoms with Gasteiger partial charge in [0.1, 0.15) is 0 Å². The molecule has 8 saturated carbocycles. The molecule has 8 bridgehead atoms. The van der Waals surface area contributed by atoms with Crippen molar-refractivity contribution in [1.29, 1.82) is 0 Å². The van der Waals surface area contributed by atoms with E-state index in [0.29, 0.717) is 56.4 Å². The van der Waals surface area contributed by atoms with Crippen LogP contribution >= 0.6 is 28.3 Å². The van der Waals surface area contributed by atoms with Crippen LogP contribution in [0.2, 0.25) is 0 Å². The lowest BCUT2D eigenvalue weighted by Crippen LogP contribution is -2.58. The molecule has 12 rings (SSSR count). The van der Waals surface area contributed by atoms with Crippen molar-refractivity contribution in [2.75, 3.05) is 46.4 Å². The van der Waals surface area contributed by atoms with Gasteiger partial charge < -0.3 is 15.5 Å². The molecule has 0 aromatic heterocycles. The van der Waals surface area contributed by atoms with E-state index in [0.717, 1.165) is 47.4 Å². The van der Waals surface area contributed by atoms with Crippen LogP contribution in [0.1, 0.15) is 98.4 Å². The Kier molecular flexibility index (Phi) is 22.2. The molecular weight excluding hydrogens is 991 g/mol. The van der Waals surface area contributed by atoms with Gasteiger partial charge in [0.05, 0.1) is 21.6 Å². The molecule has 0 radical (unpaired) electrons. The van der Waals surface area contributed by atoms with Gasteiger partial charge in [-0.3, -0.25) is 18.8 Å². The first kappa shape index (κ1) is 55.2. The monoisotopic (exact) mass is 1070 g/mol. The van der Waals surface area contributed by atoms with Gasteiger partial charge in [-0.1, -0.05) is 84.0 Å². The van der Waals surface area contributed by atoms with E-state index in [9.17, 15) is 30.8 Å². The molecule has 380 valence electrons. The SMILES string of the molecule is BrCc1ccccc1.C.Cl.O=C(CN1CCCN(Cc2ccccc2)S1(=O)=O)NC1C2CC3CC(C2)CC1C3.O=C(CN1CCCNS1(=O)=O)NC1C2CC3CC(C2)CC1C3.O=COO.[2H]CF.[HH]. The van der Waals surface area contributed by atoms with Gasteiger partial charge in [0.2, 0.25) is 11.8 Å². The van der Waals surface area contributed by atoms with Crippen LogP contribution in [-0.2, 0) is 51.6 Å². The number of rotatable bonds is 10. The number of carbonyl (C=O) groups excluding carboxylic acids is 3. The van der Waals surface area contributed by atoms with Gasteiger partial charge in [0.15, 0.2) is 0 Å². The molecule has 10 aliphatic rings. The quantitative estimate of drug-likeness (QED) is 0.0843. The van der Waals surface area contributed by atoms with Crippen LogP contribution in [0.25, 0.3) is 0 Å². The maximum atomic E-state index is 13.1. The average Bonchev–Trinajstić information content (AvgIpc) is 3.29. The van der Waals surface area contributed by atoms with Crippen LogP contribution in [0, 0.1) is 47.3 Å². The minimum Gasteiger partial charge on any atom is -0.352 e. The largest absolute Gasteiger partial charge is 0.352 e. The van der Waals surface area contributed by atoms with E-state index in [1.54, 1.807) is 0 Å². The van der Waals surface area contributed by atoms with Crippen molar-refractivity contribution >= 4 is 67.0 Å². The Labute approximate surface area is 415 Å². The lowest BCUT2D eigenvalue weighted by molar-refractivity contribution is -0.217. The van der Waals surface area contributed by atoms with Crippen molar-refractivity contribution < 1.29 is 48.6 Å². The van der Waals surface area contributed by atoms with E-state index in [1.807, 2.05) is 48.5 Å². The van der Waals surface area contributed by atoms with Crippen molar-refractivity contribution in [3.8, 4) is 0 Å². The van der Waals surface area contributed by atoms with Crippen LogP contribution in [-0.4, -0.2) is 112 Å². The smallest absolute Gasteiger partial charge is 0.330 e. The van der Waals surface area contributed by atoms with Crippen LogP contribution in [0.15, 0.2) is 60.7 Å². The minimum absolute atomic E-state index is 0. The maximum Gasteiger partial charge on any atom is 0.330 e. The lowest BCUT2D eigenvalue weighted by atomic mass is 9.54. The third kappa shape index (κ3) is 15.4. The first-order valence-electron chi connectivity index (χ1n) is 23.8. The molecule has 2 saturated heterocycles.